The summed E-state index contributed by atoms with van der Waals surface area (Å²) in [5.74, 6) is -0.00727. The Balaban J connectivity index is 3.08. The number of nitro benzene ring substituents is 1. The largest absolute Gasteiger partial charge is 0.511 e. The number of hydrogen-bond acceptors (Lipinski definition) is 5. The van der Waals surface area contributed by atoms with Crippen LogP contribution in [0.25, 0.3) is 0 Å². The minimum absolute atomic E-state index is 0.00727. The Labute approximate surface area is 90.0 Å². The van der Waals surface area contributed by atoms with Gasteiger partial charge in [-0.25, -0.2) is 4.79 Å². The molecule has 1 aromatic carbocycles. The van der Waals surface area contributed by atoms with Crippen molar-refractivity contribution in [3.8, 4) is 5.75 Å². The van der Waals surface area contributed by atoms with Crippen LogP contribution in [0.4, 0.5) is 10.5 Å². The Bertz CT molecular complexity index is 416. The van der Waals surface area contributed by atoms with Crippen LogP contribution < -0.4 is 4.74 Å². The SMILES string of the molecule is O=C(O)Oc1ccc([N+](=O)[O-])cc1CCO. The van der Waals surface area contributed by atoms with E-state index >= 15 is 0 Å². The van der Waals surface area contributed by atoms with Gasteiger partial charge in [0, 0.05) is 24.3 Å². The molecule has 0 heterocycles. The second kappa shape index (κ2) is 5.08. The minimum atomic E-state index is -1.51. The van der Waals surface area contributed by atoms with E-state index in [-0.39, 0.29) is 30.0 Å². The number of benzene rings is 1. The summed E-state index contributed by atoms with van der Waals surface area (Å²) in [6, 6.07) is 3.50. The van der Waals surface area contributed by atoms with Crippen molar-refractivity contribution in [2.24, 2.45) is 0 Å². The van der Waals surface area contributed by atoms with Gasteiger partial charge in [0.15, 0.2) is 0 Å². The summed E-state index contributed by atoms with van der Waals surface area (Å²) >= 11 is 0. The summed E-state index contributed by atoms with van der Waals surface area (Å²) in [4.78, 5) is 20.2. The molecule has 0 unspecified atom stereocenters. The first-order valence-corrected chi connectivity index (χ1v) is 4.33. The molecular weight excluding hydrogens is 218 g/mol. The number of aliphatic hydroxyl groups is 1. The zero-order valence-electron chi connectivity index (χ0n) is 8.12. The van der Waals surface area contributed by atoms with E-state index < -0.39 is 11.1 Å². The lowest BCUT2D eigenvalue weighted by atomic mass is 10.1. The molecule has 86 valence electrons. The monoisotopic (exact) mass is 227 g/mol. The minimum Gasteiger partial charge on any atom is -0.449 e. The normalized spacial score (nSPS) is 9.81. The Kier molecular flexibility index (Phi) is 3.78. The van der Waals surface area contributed by atoms with Crippen LogP contribution >= 0.6 is 0 Å². The standard InChI is InChI=1S/C9H9NO6/c11-4-3-6-5-7(10(14)15)1-2-8(6)16-9(12)13/h1-2,5,11H,3-4H2,(H,12,13). The summed E-state index contributed by atoms with van der Waals surface area (Å²) in [5, 5.41) is 27.6. The highest BCUT2D eigenvalue weighted by Crippen LogP contribution is 2.24. The molecule has 1 rings (SSSR count). The van der Waals surface area contributed by atoms with Crippen molar-refractivity contribution in [1.29, 1.82) is 0 Å². The first kappa shape index (κ1) is 11.9. The fourth-order valence-electron chi connectivity index (χ4n) is 1.19. The average molecular weight is 227 g/mol. The predicted molar refractivity (Wildman–Crippen MR) is 52.5 cm³/mol. The molecule has 1 aromatic rings. The lowest BCUT2D eigenvalue weighted by molar-refractivity contribution is -0.384. The Morgan fingerprint density at radius 2 is 2.19 bits per heavy atom. The third kappa shape index (κ3) is 2.92. The lowest BCUT2D eigenvalue weighted by Gasteiger charge is -2.06. The molecule has 7 heteroatoms. The molecule has 0 aliphatic heterocycles. The second-order valence-corrected chi connectivity index (χ2v) is 2.89. The molecule has 0 fully saturated rings. The van der Waals surface area contributed by atoms with Crippen LogP contribution in [-0.2, 0) is 6.42 Å². The Morgan fingerprint density at radius 1 is 1.50 bits per heavy atom. The predicted octanol–water partition coefficient (Wildman–Crippen LogP) is 1.19. The number of ether oxygens (including phenoxy) is 1. The molecule has 0 aliphatic rings. The van der Waals surface area contributed by atoms with Crippen molar-refractivity contribution < 1.29 is 24.7 Å². The number of aliphatic hydroxyl groups excluding tert-OH is 1. The van der Waals surface area contributed by atoms with E-state index in [0.717, 1.165) is 6.07 Å². The molecule has 0 amide bonds. The summed E-state index contributed by atoms with van der Waals surface area (Å²) in [5.41, 5.74) is 0.0975. The Hall–Kier alpha value is -2.15. The zero-order valence-corrected chi connectivity index (χ0v) is 8.12. The van der Waals surface area contributed by atoms with Crippen molar-refractivity contribution >= 4 is 11.8 Å². The molecule has 16 heavy (non-hydrogen) atoms. The fourth-order valence-corrected chi connectivity index (χ4v) is 1.19. The third-order valence-electron chi connectivity index (χ3n) is 1.83. The van der Waals surface area contributed by atoms with Gasteiger partial charge in [0.25, 0.3) is 5.69 Å². The number of nitro groups is 1. The van der Waals surface area contributed by atoms with E-state index in [0.29, 0.717) is 0 Å². The van der Waals surface area contributed by atoms with Gasteiger partial charge < -0.3 is 14.9 Å². The van der Waals surface area contributed by atoms with E-state index in [9.17, 15) is 14.9 Å². The molecule has 0 saturated heterocycles. The van der Waals surface area contributed by atoms with Crippen LogP contribution in [0, 0.1) is 10.1 Å². The molecule has 0 bridgehead atoms. The van der Waals surface area contributed by atoms with Gasteiger partial charge in [-0.15, -0.1) is 0 Å². The van der Waals surface area contributed by atoms with Crippen molar-refractivity contribution in [2.45, 2.75) is 6.42 Å². The molecular formula is C9H9NO6. The molecule has 7 nitrogen and oxygen atoms in total. The first-order chi connectivity index (χ1) is 7.54. The molecule has 0 spiro atoms. The Morgan fingerprint density at radius 3 is 2.69 bits per heavy atom. The smallest absolute Gasteiger partial charge is 0.449 e. The number of carboxylic acid groups (broad SMARTS) is 1. The van der Waals surface area contributed by atoms with Crippen molar-refractivity contribution in [3.05, 3.63) is 33.9 Å². The quantitative estimate of drug-likeness (QED) is 0.346. The fraction of sp³-hybridized carbons (Fsp3) is 0.222. The van der Waals surface area contributed by atoms with Gasteiger partial charge in [0.2, 0.25) is 0 Å². The van der Waals surface area contributed by atoms with E-state index in [1.54, 1.807) is 0 Å². The maximum atomic E-state index is 10.5. The van der Waals surface area contributed by atoms with Gasteiger partial charge in [0.05, 0.1) is 4.92 Å². The van der Waals surface area contributed by atoms with Gasteiger partial charge in [0.1, 0.15) is 5.75 Å². The second-order valence-electron chi connectivity index (χ2n) is 2.89. The van der Waals surface area contributed by atoms with E-state index in [1.165, 1.54) is 12.1 Å². The van der Waals surface area contributed by atoms with Crippen LogP contribution in [0.2, 0.25) is 0 Å². The zero-order chi connectivity index (χ0) is 12.1. The van der Waals surface area contributed by atoms with Gasteiger partial charge in [-0.05, 0) is 12.5 Å². The summed E-state index contributed by atoms with van der Waals surface area (Å²) < 4.78 is 4.42. The van der Waals surface area contributed by atoms with Gasteiger partial charge >= 0.3 is 6.16 Å². The summed E-state index contributed by atoms with van der Waals surface area (Å²) in [7, 11) is 0. The first-order valence-electron chi connectivity index (χ1n) is 4.33. The van der Waals surface area contributed by atoms with Gasteiger partial charge in [-0.3, -0.25) is 10.1 Å². The average Bonchev–Trinajstić information content (AvgIpc) is 2.20. The maximum absolute atomic E-state index is 10.5. The lowest BCUT2D eigenvalue weighted by Crippen LogP contribution is -2.06. The van der Waals surface area contributed by atoms with Crippen molar-refractivity contribution in [3.63, 3.8) is 0 Å². The molecule has 0 saturated carbocycles. The number of rotatable bonds is 4. The molecule has 0 radical (unpaired) electrons. The number of carbonyl (C=O) groups is 1. The number of hydrogen-bond donors (Lipinski definition) is 2. The van der Waals surface area contributed by atoms with Crippen molar-refractivity contribution in [1.82, 2.24) is 0 Å². The highest BCUT2D eigenvalue weighted by molar-refractivity contribution is 5.62. The maximum Gasteiger partial charge on any atom is 0.511 e. The van der Waals surface area contributed by atoms with Crippen LogP contribution in [0.15, 0.2) is 18.2 Å². The van der Waals surface area contributed by atoms with Crippen molar-refractivity contribution in [2.75, 3.05) is 6.61 Å². The van der Waals surface area contributed by atoms with Crippen LogP contribution in [-0.4, -0.2) is 27.9 Å². The molecule has 2 N–H and O–H groups in total. The van der Waals surface area contributed by atoms with Crippen LogP contribution in [0.5, 0.6) is 5.75 Å². The van der Waals surface area contributed by atoms with Gasteiger partial charge in [-0.2, -0.15) is 0 Å². The molecule has 0 atom stereocenters. The molecule has 0 aromatic heterocycles. The van der Waals surface area contributed by atoms with Crippen LogP contribution in [0.1, 0.15) is 5.56 Å². The highest BCUT2D eigenvalue weighted by atomic mass is 16.7. The topological polar surface area (TPSA) is 110 Å². The summed E-state index contributed by atoms with van der Waals surface area (Å²) in [6.45, 7) is -0.253. The number of nitrogens with zero attached hydrogens (tertiary/aromatic N) is 1. The van der Waals surface area contributed by atoms with E-state index in [2.05, 4.69) is 4.74 Å². The highest BCUT2D eigenvalue weighted by Gasteiger charge is 2.13. The summed E-state index contributed by atoms with van der Waals surface area (Å²) in [6.07, 6.45) is -1.42. The molecule has 0 aliphatic carbocycles. The van der Waals surface area contributed by atoms with Gasteiger partial charge in [-0.1, -0.05) is 0 Å². The third-order valence-corrected chi connectivity index (χ3v) is 1.83. The van der Waals surface area contributed by atoms with Crippen LogP contribution in [0.3, 0.4) is 0 Å². The number of non-ortho nitro benzene ring substituents is 1. The van der Waals surface area contributed by atoms with E-state index in [4.69, 9.17) is 10.2 Å². The van der Waals surface area contributed by atoms with E-state index in [1.807, 2.05) is 0 Å².